The van der Waals surface area contributed by atoms with Gasteiger partial charge in [0.25, 0.3) is 0 Å². The van der Waals surface area contributed by atoms with Crippen LogP contribution in [-0.2, 0) is 0 Å². The highest BCUT2D eigenvalue weighted by molar-refractivity contribution is 5.98. The number of aromatic amines is 2. The van der Waals surface area contributed by atoms with Crippen LogP contribution >= 0.6 is 0 Å². The average Bonchev–Trinajstić information content (AvgIpc) is 3.63. The van der Waals surface area contributed by atoms with Gasteiger partial charge in [0.05, 0.1) is 34.0 Å². The Labute approximate surface area is 226 Å². The van der Waals surface area contributed by atoms with Crippen LogP contribution in [0, 0.1) is 5.82 Å². The number of rotatable bonds is 6. The number of pyridine rings is 3. The summed E-state index contributed by atoms with van der Waals surface area (Å²) < 4.78 is 16.2. The quantitative estimate of drug-likeness (QED) is 0.199. The second-order valence-corrected chi connectivity index (χ2v) is 9.22. The molecule has 1 atom stereocenters. The van der Waals surface area contributed by atoms with Crippen LogP contribution in [0.3, 0.4) is 0 Å². The molecule has 9 nitrogen and oxygen atoms in total. The molecule has 0 bridgehead atoms. The second kappa shape index (κ2) is 9.68. The fraction of sp³-hybridized carbons (Fsp3) is 0.0333. The number of aromatic nitrogens is 7. The zero-order chi connectivity index (χ0) is 27.1. The number of halogens is 1. The largest absolute Gasteiger partial charge is 0.369 e. The van der Waals surface area contributed by atoms with E-state index in [-0.39, 0.29) is 0 Å². The molecule has 1 unspecified atom stereocenters. The number of hydrogen-bond acceptors (Lipinski definition) is 7. The van der Waals surface area contributed by atoms with E-state index in [1.807, 2.05) is 48.5 Å². The molecule has 4 N–H and O–H groups in total. The molecule has 5 aromatic heterocycles. The van der Waals surface area contributed by atoms with E-state index in [1.54, 1.807) is 49.2 Å². The second-order valence-electron chi connectivity index (χ2n) is 9.22. The maximum absolute atomic E-state index is 16.2. The Hall–Kier alpha value is -5.48. The Balaban J connectivity index is 1.28. The fourth-order valence-electron chi connectivity index (χ4n) is 4.78. The molecule has 0 saturated carbocycles. The number of hydrogen-bond donors (Lipinski definition) is 4. The molecule has 0 aliphatic carbocycles. The van der Waals surface area contributed by atoms with E-state index in [9.17, 15) is 5.11 Å². The highest BCUT2D eigenvalue weighted by Gasteiger charge is 2.21. The van der Waals surface area contributed by atoms with E-state index in [4.69, 9.17) is 4.98 Å². The zero-order valence-corrected chi connectivity index (χ0v) is 20.9. The van der Waals surface area contributed by atoms with E-state index < -0.39 is 12.0 Å². The van der Waals surface area contributed by atoms with Crippen molar-refractivity contribution in [2.45, 2.75) is 6.23 Å². The summed E-state index contributed by atoms with van der Waals surface area (Å²) in [5.74, 6) is -0.0446. The number of fused-ring (bicyclic) bond motifs is 2. The Morgan fingerprint density at radius 1 is 0.825 bits per heavy atom. The van der Waals surface area contributed by atoms with E-state index >= 15 is 4.39 Å². The smallest absolute Gasteiger partial charge is 0.159 e. The first-order chi connectivity index (χ1) is 19.7. The van der Waals surface area contributed by atoms with Crippen molar-refractivity contribution in [2.75, 3.05) is 5.32 Å². The topological polar surface area (TPSA) is 128 Å². The monoisotopic (exact) mass is 528 g/mol. The highest BCUT2D eigenvalue weighted by atomic mass is 19.1. The predicted molar refractivity (Wildman–Crippen MR) is 150 cm³/mol. The van der Waals surface area contributed by atoms with Gasteiger partial charge in [-0.2, -0.15) is 5.10 Å². The van der Waals surface area contributed by atoms with Crippen LogP contribution in [0.4, 0.5) is 10.1 Å². The van der Waals surface area contributed by atoms with Gasteiger partial charge in [-0.15, -0.1) is 0 Å². The van der Waals surface area contributed by atoms with E-state index in [0.29, 0.717) is 56.0 Å². The van der Waals surface area contributed by atoms with Crippen LogP contribution in [0.2, 0.25) is 0 Å². The molecule has 0 radical (unpaired) electrons. The van der Waals surface area contributed by atoms with Gasteiger partial charge in [-0.25, -0.2) is 9.37 Å². The third kappa shape index (κ3) is 4.12. The summed E-state index contributed by atoms with van der Waals surface area (Å²) in [5, 5.41) is 21.2. The van der Waals surface area contributed by atoms with Gasteiger partial charge < -0.3 is 15.4 Å². The SMILES string of the molecule is OC(Nc1cncc(-c2ccc3[nH]nc(-c4nc5c(-c6ccncc6)nccc5[nH]4)c3c2F)c1)c1ccccc1. The maximum Gasteiger partial charge on any atom is 0.159 e. The summed E-state index contributed by atoms with van der Waals surface area (Å²) in [5.41, 5.74) is 6.00. The summed E-state index contributed by atoms with van der Waals surface area (Å²) in [7, 11) is 0. The van der Waals surface area contributed by atoms with Crippen molar-refractivity contribution in [3.8, 4) is 33.9 Å². The molecule has 0 amide bonds. The predicted octanol–water partition coefficient (Wildman–Crippen LogP) is 5.87. The number of nitrogens with zero attached hydrogens (tertiary/aromatic N) is 5. The summed E-state index contributed by atoms with van der Waals surface area (Å²) in [4.78, 5) is 20.9. The summed E-state index contributed by atoms with van der Waals surface area (Å²) in [6.45, 7) is 0. The summed E-state index contributed by atoms with van der Waals surface area (Å²) in [6.07, 6.45) is 7.32. The molecule has 40 heavy (non-hydrogen) atoms. The van der Waals surface area contributed by atoms with Crippen LogP contribution < -0.4 is 5.32 Å². The first-order valence-electron chi connectivity index (χ1n) is 12.5. The molecule has 0 fully saturated rings. The first-order valence-corrected chi connectivity index (χ1v) is 12.5. The van der Waals surface area contributed by atoms with Crippen LogP contribution in [0.25, 0.3) is 55.8 Å². The van der Waals surface area contributed by atoms with Crippen molar-refractivity contribution in [3.05, 3.63) is 109 Å². The molecule has 0 aliphatic heterocycles. The van der Waals surface area contributed by atoms with Gasteiger partial charge in [-0.3, -0.25) is 20.1 Å². The summed E-state index contributed by atoms with van der Waals surface area (Å²) in [6, 6.07) is 20.0. The van der Waals surface area contributed by atoms with Gasteiger partial charge in [-0.05, 0) is 36.4 Å². The van der Waals surface area contributed by atoms with E-state index in [0.717, 1.165) is 11.1 Å². The molecule has 5 heterocycles. The molecule has 0 aliphatic rings. The van der Waals surface area contributed by atoms with Crippen LogP contribution in [0.1, 0.15) is 11.8 Å². The van der Waals surface area contributed by atoms with Crippen LogP contribution in [-0.4, -0.2) is 40.2 Å². The Kier molecular flexibility index (Phi) is 5.72. The minimum absolute atomic E-state index is 0.303. The lowest BCUT2D eigenvalue weighted by Crippen LogP contribution is -2.09. The van der Waals surface area contributed by atoms with Crippen molar-refractivity contribution < 1.29 is 9.50 Å². The lowest BCUT2D eigenvalue weighted by atomic mass is 10.0. The number of aliphatic hydroxyl groups excluding tert-OH is 1. The molecule has 7 aromatic rings. The van der Waals surface area contributed by atoms with Gasteiger partial charge in [-0.1, -0.05) is 30.3 Å². The number of nitrogens with one attached hydrogen (secondary N) is 3. The standard InChI is InChI=1S/C30H21FN8O/c31-25-21(19-14-20(16-33-15-19)35-30(40)18-4-2-1-3-5-18)6-7-22-24(25)28(39-38-22)29-36-23-10-13-34-26(27(23)37-29)17-8-11-32-12-9-17/h1-16,30,35,40H,(H,36,37)(H,38,39). The molecular weight excluding hydrogens is 507 g/mol. The minimum atomic E-state index is -0.939. The third-order valence-electron chi connectivity index (χ3n) is 6.71. The van der Waals surface area contributed by atoms with Gasteiger partial charge in [0.1, 0.15) is 17.0 Å². The van der Waals surface area contributed by atoms with Gasteiger partial charge in [0.15, 0.2) is 12.1 Å². The number of imidazole rings is 1. The Morgan fingerprint density at radius 2 is 1.68 bits per heavy atom. The Bertz CT molecular complexity index is 1970. The molecule has 7 rings (SSSR count). The lowest BCUT2D eigenvalue weighted by Gasteiger charge is -2.15. The maximum atomic E-state index is 16.2. The van der Waals surface area contributed by atoms with Crippen molar-refractivity contribution >= 4 is 27.6 Å². The highest BCUT2D eigenvalue weighted by Crippen LogP contribution is 2.35. The minimum Gasteiger partial charge on any atom is -0.369 e. The fourth-order valence-corrected chi connectivity index (χ4v) is 4.78. The molecular formula is C30H21FN8O. The van der Waals surface area contributed by atoms with E-state index in [2.05, 4.69) is 35.5 Å². The number of anilines is 1. The average molecular weight is 529 g/mol. The van der Waals surface area contributed by atoms with Crippen molar-refractivity contribution in [1.29, 1.82) is 0 Å². The number of H-pyrrole nitrogens is 2. The zero-order valence-electron chi connectivity index (χ0n) is 20.9. The number of aliphatic hydroxyl groups is 1. The van der Waals surface area contributed by atoms with Gasteiger partial charge in [0, 0.05) is 47.0 Å². The molecule has 2 aromatic carbocycles. The first kappa shape index (κ1) is 23.6. The molecule has 0 saturated heterocycles. The number of benzene rings is 2. The molecule has 0 spiro atoms. The summed E-state index contributed by atoms with van der Waals surface area (Å²) >= 11 is 0. The van der Waals surface area contributed by atoms with Crippen molar-refractivity contribution in [3.63, 3.8) is 0 Å². The van der Waals surface area contributed by atoms with Crippen molar-refractivity contribution in [1.82, 2.24) is 35.1 Å². The third-order valence-corrected chi connectivity index (χ3v) is 6.71. The van der Waals surface area contributed by atoms with Crippen molar-refractivity contribution in [2.24, 2.45) is 0 Å². The Morgan fingerprint density at radius 3 is 2.52 bits per heavy atom. The lowest BCUT2D eigenvalue weighted by molar-refractivity contribution is 0.208. The molecule has 10 heteroatoms. The van der Waals surface area contributed by atoms with Gasteiger partial charge >= 0.3 is 0 Å². The molecule has 194 valence electrons. The van der Waals surface area contributed by atoms with Gasteiger partial charge in [0.2, 0.25) is 0 Å². The van der Waals surface area contributed by atoms with Crippen LogP contribution in [0.15, 0.2) is 97.7 Å². The van der Waals surface area contributed by atoms with E-state index in [1.165, 1.54) is 0 Å². The normalized spacial score (nSPS) is 12.2. The van der Waals surface area contributed by atoms with Crippen LogP contribution in [0.5, 0.6) is 0 Å².